The van der Waals surface area contributed by atoms with Crippen LogP contribution in [0.5, 0.6) is 11.5 Å². The molecule has 9 heteroatoms. The van der Waals surface area contributed by atoms with Crippen molar-refractivity contribution in [2.24, 2.45) is 0 Å². The number of imide groups is 1. The number of rotatable bonds is 6. The predicted molar refractivity (Wildman–Crippen MR) is 129 cm³/mol. The maximum absolute atomic E-state index is 13.3. The monoisotopic (exact) mass is 498 g/mol. The van der Waals surface area contributed by atoms with Gasteiger partial charge in [0.1, 0.15) is 35.3 Å². The van der Waals surface area contributed by atoms with E-state index in [0.717, 1.165) is 11.1 Å². The second-order valence-corrected chi connectivity index (χ2v) is 9.40. The van der Waals surface area contributed by atoms with Crippen molar-refractivity contribution in [3.63, 3.8) is 0 Å². The van der Waals surface area contributed by atoms with Crippen LogP contribution in [0.3, 0.4) is 0 Å². The van der Waals surface area contributed by atoms with E-state index < -0.39 is 6.04 Å². The van der Waals surface area contributed by atoms with E-state index in [1.54, 1.807) is 60.2 Å². The van der Waals surface area contributed by atoms with E-state index in [1.165, 1.54) is 17.0 Å². The van der Waals surface area contributed by atoms with Crippen LogP contribution in [0.15, 0.2) is 66.7 Å². The molecule has 0 N–H and O–H groups in total. The van der Waals surface area contributed by atoms with Crippen LogP contribution in [0.1, 0.15) is 16.5 Å². The molecule has 0 aromatic heterocycles. The molecule has 0 unspecified atom stereocenters. The number of methoxy groups -OCH3 is 1. The summed E-state index contributed by atoms with van der Waals surface area (Å²) in [6.07, 6.45) is 0. The van der Waals surface area contributed by atoms with Crippen molar-refractivity contribution in [1.82, 2.24) is 4.90 Å². The molecular formula is C25H20ClFN2O4S. The van der Waals surface area contributed by atoms with Crippen LogP contribution >= 0.6 is 23.4 Å². The van der Waals surface area contributed by atoms with Crippen molar-refractivity contribution in [3.05, 3.63) is 88.7 Å². The fourth-order valence-electron chi connectivity index (χ4n) is 4.13. The van der Waals surface area contributed by atoms with Crippen LogP contribution in [0.2, 0.25) is 5.02 Å². The third-order valence-electron chi connectivity index (χ3n) is 5.80. The van der Waals surface area contributed by atoms with E-state index in [9.17, 15) is 14.0 Å². The summed E-state index contributed by atoms with van der Waals surface area (Å²) in [6, 6.07) is 17.2. The van der Waals surface area contributed by atoms with Crippen molar-refractivity contribution < 1.29 is 23.5 Å². The third kappa shape index (κ3) is 4.08. The molecular weight excluding hydrogens is 479 g/mol. The average molecular weight is 499 g/mol. The highest BCUT2D eigenvalue weighted by atomic mass is 35.5. The van der Waals surface area contributed by atoms with Crippen LogP contribution in [0.25, 0.3) is 0 Å². The number of anilines is 1. The molecule has 0 saturated carbocycles. The standard InChI is InChI=1S/C25H20ClFN2O4S/c1-32-22-11-2-15(12-16(22)13-33-20-9-5-18(27)6-10-20)24-29-21(14-34-24)23(30)28(25(29)31)19-7-3-17(26)4-8-19/h2-12,21,24H,13-14H2,1H3/t21-,24+/m0/s1. The van der Waals surface area contributed by atoms with Crippen molar-refractivity contribution in [3.8, 4) is 11.5 Å². The lowest BCUT2D eigenvalue weighted by Gasteiger charge is -2.24. The minimum absolute atomic E-state index is 0.202. The number of thioether (sulfide) groups is 1. The average Bonchev–Trinajstić information content (AvgIpc) is 3.39. The van der Waals surface area contributed by atoms with Crippen LogP contribution in [0.4, 0.5) is 14.9 Å². The first-order valence-corrected chi connectivity index (χ1v) is 12.0. The van der Waals surface area contributed by atoms with E-state index in [-0.39, 0.29) is 29.7 Å². The SMILES string of the molecule is COc1ccc([C@H]2SC[C@H]3C(=O)N(c4ccc(Cl)cc4)C(=O)N23)cc1COc1ccc(F)cc1. The normalized spacial score (nSPS) is 19.5. The second kappa shape index (κ2) is 9.19. The van der Waals surface area contributed by atoms with Gasteiger partial charge in [0.05, 0.1) is 12.8 Å². The zero-order valence-corrected chi connectivity index (χ0v) is 19.7. The molecule has 2 fully saturated rings. The van der Waals surface area contributed by atoms with Gasteiger partial charge in [-0.2, -0.15) is 0 Å². The number of fused-ring (bicyclic) bond motifs is 1. The molecule has 2 aliphatic heterocycles. The minimum Gasteiger partial charge on any atom is -0.496 e. The number of halogens is 2. The topological polar surface area (TPSA) is 59.1 Å². The number of benzene rings is 3. The highest BCUT2D eigenvalue weighted by Crippen LogP contribution is 2.46. The fourth-order valence-corrected chi connectivity index (χ4v) is 5.66. The largest absolute Gasteiger partial charge is 0.496 e. The molecule has 2 saturated heterocycles. The molecule has 0 bridgehead atoms. The van der Waals surface area contributed by atoms with Crippen LogP contribution in [0, 0.1) is 5.82 Å². The molecule has 5 rings (SSSR count). The first-order valence-electron chi connectivity index (χ1n) is 10.5. The Kier molecular flexibility index (Phi) is 6.10. The molecule has 174 valence electrons. The van der Waals surface area contributed by atoms with Crippen LogP contribution in [-0.4, -0.2) is 35.7 Å². The molecule has 2 heterocycles. The summed E-state index contributed by atoms with van der Waals surface area (Å²) < 4.78 is 24.5. The molecule has 3 aromatic carbocycles. The molecule has 0 spiro atoms. The molecule has 3 amide bonds. The lowest BCUT2D eigenvalue weighted by Crippen LogP contribution is -2.33. The Morgan fingerprint density at radius 3 is 2.50 bits per heavy atom. The van der Waals surface area contributed by atoms with Crippen molar-refractivity contribution >= 4 is 41.0 Å². The van der Waals surface area contributed by atoms with Crippen molar-refractivity contribution in [2.45, 2.75) is 18.0 Å². The Morgan fingerprint density at radius 1 is 1.06 bits per heavy atom. The zero-order valence-electron chi connectivity index (χ0n) is 18.1. The molecule has 2 atom stereocenters. The Hall–Kier alpha value is -3.23. The van der Waals surface area contributed by atoms with E-state index in [0.29, 0.717) is 28.0 Å². The van der Waals surface area contributed by atoms with Gasteiger partial charge in [-0.1, -0.05) is 17.7 Å². The number of hydrogen-bond acceptors (Lipinski definition) is 5. The fraction of sp³-hybridized carbons (Fsp3) is 0.200. The molecule has 3 aromatic rings. The van der Waals surface area contributed by atoms with Gasteiger partial charge in [-0.3, -0.25) is 9.69 Å². The number of hydrogen-bond donors (Lipinski definition) is 0. The second-order valence-electron chi connectivity index (χ2n) is 7.86. The van der Waals surface area contributed by atoms with E-state index in [2.05, 4.69) is 0 Å². The maximum atomic E-state index is 13.3. The number of amides is 3. The molecule has 0 aliphatic carbocycles. The molecule has 34 heavy (non-hydrogen) atoms. The van der Waals surface area contributed by atoms with Gasteiger partial charge in [0.15, 0.2) is 0 Å². The molecule has 2 aliphatic rings. The summed E-state index contributed by atoms with van der Waals surface area (Å²) in [5.41, 5.74) is 2.15. The highest BCUT2D eigenvalue weighted by molar-refractivity contribution is 7.99. The number of carbonyl (C=O) groups excluding carboxylic acids is 2. The van der Waals surface area contributed by atoms with E-state index in [1.807, 2.05) is 18.2 Å². The highest BCUT2D eigenvalue weighted by Gasteiger charge is 2.53. The summed E-state index contributed by atoms with van der Waals surface area (Å²) in [6.45, 7) is 0.202. The predicted octanol–water partition coefficient (Wildman–Crippen LogP) is 5.65. The van der Waals surface area contributed by atoms with Gasteiger partial charge in [0, 0.05) is 16.3 Å². The number of ether oxygens (including phenoxy) is 2. The van der Waals surface area contributed by atoms with Gasteiger partial charge < -0.3 is 9.47 Å². The maximum Gasteiger partial charge on any atom is 0.333 e. The van der Waals surface area contributed by atoms with Gasteiger partial charge in [0.2, 0.25) is 0 Å². The quantitative estimate of drug-likeness (QED) is 0.411. The van der Waals surface area contributed by atoms with Gasteiger partial charge in [-0.25, -0.2) is 14.1 Å². The number of nitrogens with zero attached hydrogens (tertiary/aromatic N) is 2. The summed E-state index contributed by atoms with van der Waals surface area (Å²) in [5, 5.41) is 0.208. The Bertz CT molecular complexity index is 1240. The number of urea groups is 1. The van der Waals surface area contributed by atoms with E-state index >= 15 is 0 Å². The summed E-state index contributed by atoms with van der Waals surface area (Å²) in [4.78, 5) is 29.2. The first-order chi connectivity index (χ1) is 16.5. The molecule has 6 nitrogen and oxygen atoms in total. The Balaban J connectivity index is 1.40. The van der Waals surface area contributed by atoms with Gasteiger partial charge in [-0.05, 0) is 66.2 Å². The van der Waals surface area contributed by atoms with Crippen molar-refractivity contribution in [2.75, 3.05) is 17.8 Å². The minimum atomic E-state index is -0.529. The van der Waals surface area contributed by atoms with Crippen LogP contribution < -0.4 is 14.4 Å². The molecule has 0 radical (unpaired) electrons. The first kappa shape index (κ1) is 22.6. The lowest BCUT2D eigenvalue weighted by atomic mass is 10.1. The van der Waals surface area contributed by atoms with Crippen molar-refractivity contribution in [1.29, 1.82) is 0 Å². The number of carbonyl (C=O) groups is 2. The summed E-state index contributed by atoms with van der Waals surface area (Å²) in [7, 11) is 1.57. The Morgan fingerprint density at radius 2 is 1.79 bits per heavy atom. The van der Waals surface area contributed by atoms with E-state index in [4.69, 9.17) is 21.1 Å². The zero-order chi connectivity index (χ0) is 23.8. The smallest absolute Gasteiger partial charge is 0.333 e. The van der Waals surface area contributed by atoms with Gasteiger partial charge in [0.25, 0.3) is 5.91 Å². The van der Waals surface area contributed by atoms with Gasteiger partial charge in [-0.15, -0.1) is 11.8 Å². The summed E-state index contributed by atoms with van der Waals surface area (Å²) in [5.74, 6) is 1.10. The lowest BCUT2D eigenvalue weighted by molar-refractivity contribution is -0.119. The Labute approximate surface area is 205 Å². The third-order valence-corrected chi connectivity index (χ3v) is 7.38. The van der Waals surface area contributed by atoms with Crippen LogP contribution in [-0.2, 0) is 11.4 Å². The summed E-state index contributed by atoms with van der Waals surface area (Å²) >= 11 is 7.51. The van der Waals surface area contributed by atoms with Gasteiger partial charge >= 0.3 is 6.03 Å².